The van der Waals surface area contributed by atoms with Gasteiger partial charge in [0, 0.05) is 48.5 Å². The second-order valence-electron chi connectivity index (χ2n) is 8.81. The Bertz CT molecular complexity index is 1130. The molecule has 9 heteroatoms. The molecule has 9 nitrogen and oxygen atoms in total. The molecule has 1 heterocycles. The van der Waals surface area contributed by atoms with Gasteiger partial charge in [-0.3, -0.25) is 4.79 Å². The average molecular weight is 502 g/mol. The van der Waals surface area contributed by atoms with Gasteiger partial charge >= 0.3 is 0 Å². The molecule has 0 saturated heterocycles. The van der Waals surface area contributed by atoms with Crippen molar-refractivity contribution in [1.29, 1.82) is 0 Å². The summed E-state index contributed by atoms with van der Waals surface area (Å²) in [7, 11) is 3.82. The highest BCUT2D eigenvalue weighted by molar-refractivity contribution is 5.94. The molecule has 1 aromatic heterocycles. The molecule has 0 unspecified atom stereocenters. The maximum absolute atomic E-state index is 12.2. The van der Waals surface area contributed by atoms with E-state index in [9.17, 15) is 4.79 Å². The zero-order valence-corrected chi connectivity index (χ0v) is 21.6. The van der Waals surface area contributed by atoms with Gasteiger partial charge < -0.3 is 19.9 Å². The molecule has 2 aromatic carbocycles. The van der Waals surface area contributed by atoms with Crippen molar-refractivity contribution in [2.75, 3.05) is 45.2 Å². The van der Waals surface area contributed by atoms with Crippen LogP contribution in [0.25, 0.3) is 10.4 Å². The van der Waals surface area contributed by atoms with Crippen LogP contribution in [0, 0.1) is 0 Å². The quantitative estimate of drug-likeness (QED) is 0.127. The van der Waals surface area contributed by atoms with Gasteiger partial charge in [-0.05, 0) is 73.9 Å². The lowest BCUT2D eigenvalue weighted by Crippen LogP contribution is -2.34. The highest BCUT2D eigenvalue weighted by atomic mass is 16.5. The van der Waals surface area contributed by atoms with Gasteiger partial charge in [0.1, 0.15) is 11.6 Å². The number of azide groups is 1. The number of amides is 1. The molecule has 1 N–H and O–H groups in total. The van der Waals surface area contributed by atoms with Crippen LogP contribution >= 0.6 is 0 Å². The first-order valence-corrected chi connectivity index (χ1v) is 12.5. The molecule has 0 bridgehead atoms. The maximum Gasteiger partial charge on any atom is 0.251 e. The molecule has 0 aliphatic carbocycles. The van der Waals surface area contributed by atoms with Crippen LogP contribution in [0.4, 0.5) is 11.5 Å². The summed E-state index contributed by atoms with van der Waals surface area (Å²) >= 11 is 0. The van der Waals surface area contributed by atoms with Gasteiger partial charge in [-0.15, -0.1) is 0 Å². The normalized spacial score (nSPS) is 10.6. The van der Waals surface area contributed by atoms with E-state index in [1.165, 1.54) is 5.56 Å². The number of anilines is 1. The van der Waals surface area contributed by atoms with Gasteiger partial charge in [-0.25, -0.2) is 4.98 Å². The van der Waals surface area contributed by atoms with E-state index in [4.69, 9.17) is 10.3 Å². The lowest BCUT2D eigenvalue weighted by atomic mass is 10.2. The van der Waals surface area contributed by atoms with Crippen LogP contribution in [0.3, 0.4) is 0 Å². The van der Waals surface area contributed by atoms with Crippen molar-refractivity contribution in [3.8, 4) is 5.75 Å². The topological polar surface area (TPSA) is 106 Å². The Morgan fingerprint density at radius 1 is 1.00 bits per heavy atom. The van der Waals surface area contributed by atoms with Gasteiger partial charge in [0.25, 0.3) is 5.91 Å². The number of carbonyl (C=O) groups is 1. The first-order chi connectivity index (χ1) is 18.1. The highest BCUT2D eigenvalue weighted by Gasteiger charge is 2.10. The van der Waals surface area contributed by atoms with E-state index in [1.54, 1.807) is 31.4 Å². The van der Waals surface area contributed by atoms with E-state index in [0.29, 0.717) is 17.8 Å². The number of hydrogen-bond donors (Lipinski definition) is 1. The number of methoxy groups -OCH3 is 1. The number of ether oxygens (including phenoxy) is 1. The van der Waals surface area contributed by atoms with Crippen molar-refractivity contribution >= 4 is 17.4 Å². The van der Waals surface area contributed by atoms with Crippen molar-refractivity contribution in [1.82, 2.24) is 15.2 Å². The lowest BCUT2D eigenvalue weighted by Gasteiger charge is -2.27. The molecule has 0 aliphatic heterocycles. The van der Waals surface area contributed by atoms with E-state index in [0.717, 1.165) is 57.0 Å². The number of unbranched alkanes of at least 4 members (excludes halogenated alkanes) is 2. The second-order valence-corrected chi connectivity index (χ2v) is 8.81. The maximum atomic E-state index is 12.2. The molecule has 1 amide bonds. The molecule has 3 aromatic rings. The molecule has 0 aliphatic rings. The Balaban J connectivity index is 1.36. The van der Waals surface area contributed by atoms with Crippen LogP contribution in [0.1, 0.15) is 35.2 Å². The fraction of sp³-hybridized carbons (Fsp3) is 0.357. The van der Waals surface area contributed by atoms with Gasteiger partial charge in [0.2, 0.25) is 0 Å². The van der Waals surface area contributed by atoms with E-state index in [-0.39, 0.29) is 5.91 Å². The second kappa shape index (κ2) is 15.1. The third kappa shape index (κ3) is 9.48. The zero-order valence-electron chi connectivity index (χ0n) is 21.6. The molecule has 0 radical (unpaired) electrons. The fourth-order valence-corrected chi connectivity index (χ4v) is 3.89. The van der Waals surface area contributed by atoms with Crippen molar-refractivity contribution in [2.24, 2.45) is 5.11 Å². The summed E-state index contributed by atoms with van der Waals surface area (Å²) in [5.74, 6) is 1.71. The number of benzene rings is 2. The fourth-order valence-electron chi connectivity index (χ4n) is 3.89. The number of likely N-dealkylation sites (N-methyl/N-ethyl adjacent to an activating group) is 1. The van der Waals surface area contributed by atoms with Crippen LogP contribution in [0.2, 0.25) is 0 Å². The zero-order chi connectivity index (χ0) is 26.3. The van der Waals surface area contributed by atoms with Crippen LogP contribution in [-0.2, 0) is 6.54 Å². The van der Waals surface area contributed by atoms with E-state index in [2.05, 4.69) is 49.3 Å². The smallest absolute Gasteiger partial charge is 0.251 e. The van der Waals surface area contributed by atoms with E-state index < -0.39 is 0 Å². The molecule has 3 rings (SSSR count). The minimum Gasteiger partial charge on any atom is -0.497 e. The standard InChI is InChI=1S/C28H35N7O2/c1-34(19-7-3-5-18-31-28(36)24-11-13-25(14-12-24)32-33-29)20-21-35(27-8-4-6-17-30-27)22-23-9-15-26(37-2)16-10-23/h4,6,8-17H,3,5,7,18-22H2,1-2H3,(H,31,36). The van der Waals surface area contributed by atoms with Gasteiger partial charge in [-0.2, -0.15) is 0 Å². The van der Waals surface area contributed by atoms with Gasteiger partial charge in [0.15, 0.2) is 0 Å². The van der Waals surface area contributed by atoms with Crippen LogP contribution in [0.5, 0.6) is 5.75 Å². The van der Waals surface area contributed by atoms with E-state index in [1.807, 2.05) is 36.5 Å². The number of carbonyl (C=O) groups excluding carboxylic acids is 1. The number of nitrogens with one attached hydrogen (secondary N) is 1. The molecule has 0 atom stereocenters. The average Bonchev–Trinajstić information content (AvgIpc) is 2.94. The molecule has 0 fully saturated rings. The Morgan fingerprint density at radius 3 is 2.46 bits per heavy atom. The molecular formula is C28H35N7O2. The first-order valence-electron chi connectivity index (χ1n) is 12.5. The molecule has 0 spiro atoms. The monoisotopic (exact) mass is 501 g/mol. The number of nitrogens with zero attached hydrogens (tertiary/aromatic N) is 6. The number of aromatic nitrogens is 1. The van der Waals surface area contributed by atoms with Crippen LogP contribution in [-0.4, -0.2) is 56.1 Å². The minimum absolute atomic E-state index is 0.115. The molecule has 194 valence electrons. The first kappa shape index (κ1) is 27.5. The Kier molecular flexibility index (Phi) is 11.3. The molecular weight excluding hydrogens is 466 g/mol. The summed E-state index contributed by atoms with van der Waals surface area (Å²) in [6, 6.07) is 20.8. The van der Waals surface area contributed by atoms with Crippen molar-refractivity contribution in [3.63, 3.8) is 0 Å². The van der Waals surface area contributed by atoms with Gasteiger partial charge in [0.05, 0.1) is 7.11 Å². The Labute approximate surface area is 218 Å². The third-order valence-corrected chi connectivity index (χ3v) is 6.05. The highest BCUT2D eigenvalue weighted by Crippen LogP contribution is 2.17. The number of hydrogen-bond acceptors (Lipinski definition) is 6. The number of pyridine rings is 1. The predicted octanol–water partition coefficient (Wildman–Crippen LogP) is 5.57. The summed E-state index contributed by atoms with van der Waals surface area (Å²) < 4.78 is 5.28. The lowest BCUT2D eigenvalue weighted by molar-refractivity contribution is 0.0953. The summed E-state index contributed by atoms with van der Waals surface area (Å²) in [6.07, 6.45) is 4.86. The van der Waals surface area contributed by atoms with Crippen molar-refractivity contribution < 1.29 is 9.53 Å². The molecule has 37 heavy (non-hydrogen) atoms. The summed E-state index contributed by atoms with van der Waals surface area (Å²) in [6.45, 7) is 4.20. The Morgan fingerprint density at radius 2 is 1.78 bits per heavy atom. The Hall–Kier alpha value is -4.07. The van der Waals surface area contributed by atoms with Crippen molar-refractivity contribution in [3.05, 3.63) is 94.5 Å². The van der Waals surface area contributed by atoms with E-state index >= 15 is 0 Å². The predicted molar refractivity (Wildman–Crippen MR) is 147 cm³/mol. The van der Waals surface area contributed by atoms with Crippen LogP contribution in [0.15, 0.2) is 78.0 Å². The summed E-state index contributed by atoms with van der Waals surface area (Å²) in [5, 5.41) is 6.46. The SMILES string of the molecule is COc1ccc(CN(CCN(C)CCCCCNC(=O)c2ccc(N=[N+]=[N-])cc2)c2ccccn2)cc1. The van der Waals surface area contributed by atoms with Gasteiger partial charge in [-0.1, -0.05) is 41.9 Å². The summed E-state index contributed by atoms with van der Waals surface area (Å²) in [4.78, 5) is 24.2. The minimum atomic E-state index is -0.115. The largest absolute Gasteiger partial charge is 0.497 e. The third-order valence-electron chi connectivity index (χ3n) is 6.05. The van der Waals surface area contributed by atoms with Crippen molar-refractivity contribution in [2.45, 2.75) is 25.8 Å². The number of rotatable bonds is 15. The molecule has 0 saturated carbocycles. The summed E-state index contributed by atoms with van der Waals surface area (Å²) in [5.41, 5.74) is 10.7. The van der Waals surface area contributed by atoms with Crippen LogP contribution < -0.4 is 15.0 Å².